The van der Waals surface area contributed by atoms with Crippen LogP contribution in [0.1, 0.15) is 19.8 Å². The van der Waals surface area contributed by atoms with Gasteiger partial charge < -0.3 is 5.32 Å². The zero-order chi connectivity index (χ0) is 12.4. The van der Waals surface area contributed by atoms with Crippen molar-refractivity contribution in [2.24, 2.45) is 0 Å². The highest BCUT2D eigenvalue weighted by molar-refractivity contribution is 6.28. The molecule has 2 rings (SSSR count). The number of halogens is 2. The highest BCUT2D eigenvalue weighted by Crippen LogP contribution is 2.27. The van der Waals surface area contributed by atoms with Gasteiger partial charge in [0, 0.05) is 18.6 Å². The second-order valence-electron chi connectivity index (χ2n) is 4.46. The summed E-state index contributed by atoms with van der Waals surface area (Å²) in [5.41, 5.74) is 0. The molecule has 1 aromatic heterocycles. The summed E-state index contributed by atoms with van der Waals surface area (Å²) in [6.45, 7) is 2.74. The lowest BCUT2D eigenvalue weighted by Crippen LogP contribution is -2.36. The molecule has 1 N–H and O–H groups in total. The van der Waals surface area contributed by atoms with E-state index in [-0.39, 0.29) is 11.1 Å². The number of nitrogens with one attached hydrogen (secondary N) is 1. The monoisotopic (exact) mass is 258 g/mol. The molecule has 1 aliphatic rings. The number of likely N-dealkylation sites (N-methyl/N-ethyl adjacent to an activating group) is 1. The molecular weight excluding hydrogens is 243 g/mol. The van der Waals surface area contributed by atoms with Gasteiger partial charge in [-0.1, -0.05) is 0 Å². The van der Waals surface area contributed by atoms with E-state index in [9.17, 15) is 4.39 Å². The Bertz CT molecular complexity index is 397. The van der Waals surface area contributed by atoms with E-state index in [2.05, 4.69) is 34.2 Å². The van der Waals surface area contributed by atoms with Gasteiger partial charge in [-0.25, -0.2) is 9.37 Å². The van der Waals surface area contributed by atoms with Crippen LogP contribution >= 0.6 is 11.6 Å². The standard InChI is InChI=1S/C11H16ClFN4/c1-7(17(2)8-3-4-8)5-14-10-9(13)6-15-11(12)16-10/h6-8H,3-5H2,1-2H3,(H,14,15,16). The third kappa shape index (κ3) is 3.26. The predicted molar refractivity (Wildman–Crippen MR) is 65.7 cm³/mol. The summed E-state index contributed by atoms with van der Waals surface area (Å²) in [4.78, 5) is 9.68. The number of anilines is 1. The SMILES string of the molecule is CC(CNc1nc(Cl)ncc1F)N(C)C1CC1. The molecule has 1 unspecified atom stereocenters. The number of rotatable bonds is 5. The predicted octanol–water partition coefficient (Wildman–Crippen LogP) is 2.16. The Labute approximate surface area is 105 Å². The third-order valence-corrected chi connectivity index (χ3v) is 3.28. The minimum absolute atomic E-state index is 0.0529. The fraction of sp³-hybridized carbons (Fsp3) is 0.636. The Morgan fingerprint density at radius 1 is 1.65 bits per heavy atom. The Balaban J connectivity index is 1.90. The van der Waals surface area contributed by atoms with Crippen molar-refractivity contribution in [1.82, 2.24) is 14.9 Å². The molecule has 1 fully saturated rings. The smallest absolute Gasteiger partial charge is 0.224 e. The van der Waals surface area contributed by atoms with Crippen molar-refractivity contribution < 1.29 is 4.39 Å². The van der Waals surface area contributed by atoms with Crippen molar-refractivity contribution in [3.8, 4) is 0 Å². The van der Waals surface area contributed by atoms with Crippen molar-refractivity contribution in [3.63, 3.8) is 0 Å². The summed E-state index contributed by atoms with van der Waals surface area (Å²) in [5.74, 6) is -0.309. The van der Waals surface area contributed by atoms with E-state index in [0.717, 1.165) is 6.20 Å². The zero-order valence-electron chi connectivity index (χ0n) is 9.95. The maximum Gasteiger partial charge on any atom is 0.224 e. The molecule has 4 nitrogen and oxygen atoms in total. The van der Waals surface area contributed by atoms with Crippen LogP contribution in [-0.4, -0.2) is 40.5 Å². The van der Waals surface area contributed by atoms with Crippen LogP contribution in [0.4, 0.5) is 10.2 Å². The zero-order valence-corrected chi connectivity index (χ0v) is 10.7. The molecule has 1 aliphatic carbocycles. The highest BCUT2D eigenvalue weighted by Gasteiger charge is 2.29. The lowest BCUT2D eigenvalue weighted by Gasteiger charge is -2.24. The number of hydrogen-bond donors (Lipinski definition) is 1. The Morgan fingerprint density at radius 2 is 2.35 bits per heavy atom. The molecule has 94 valence electrons. The maximum atomic E-state index is 13.3. The van der Waals surface area contributed by atoms with Gasteiger partial charge in [0.05, 0.1) is 6.20 Å². The van der Waals surface area contributed by atoms with Crippen LogP contribution in [0.25, 0.3) is 0 Å². The van der Waals surface area contributed by atoms with Gasteiger partial charge >= 0.3 is 0 Å². The first-order chi connectivity index (χ1) is 8.08. The van der Waals surface area contributed by atoms with Gasteiger partial charge in [0.2, 0.25) is 5.28 Å². The Morgan fingerprint density at radius 3 is 3.00 bits per heavy atom. The van der Waals surface area contributed by atoms with E-state index >= 15 is 0 Å². The van der Waals surface area contributed by atoms with Crippen LogP contribution in [0, 0.1) is 5.82 Å². The van der Waals surface area contributed by atoms with Crippen molar-refractivity contribution in [1.29, 1.82) is 0 Å². The van der Waals surface area contributed by atoms with E-state index in [1.54, 1.807) is 0 Å². The molecule has 1 atom stereocenters. The normalized spacial score (nSPS) is 17.2. The largest absolute Gasteiger partial charge is 0.366 e. The van der Waals surface area contributed by atoms with E-state index in [1.165, 1.54) is 12.8 Å². The fourth-order valence-electron chi connectivity index (χ4n) is 1.70. The molecule has 0 aromatic carbocycles. The van der Waals surface area contributed by atoms with Gasteiger partial charge in [-0.15, -0.1) is 0 Å². The van der Waals surface area contributed by atoms with Crippen LogP contribution in [0.3, 0.4) is 0 Å². The first kappa shape index (κ1) is 12.5. The molecule has 1 saturated carbocycles. The third-order valence-electron chi connectivity index (χ3n) is 3.10. The highest BCUT2D eigenvalue weighted by atomic mass is 35.5. The maximum absolute atomic E-state index is 13.3. The second kappa shape index (κ2) is 5.14. The van der Waals surface area contributed by atoms with Crippen LogP contribution in [0.15, 0.2) is 6.20 Å². The van der Waals surface area contributed by atoms with Gasteiger partial charge in [0.25, 0.3) is 0 Å². The molecule has 0 bridgehead atoms. The van der Waals surface area contributed by atoms with Gasteiger partial charge in [-0.05, 0) is 38.4 Å². The Kier molecular flexibility index (Phi) is 3.79. The van der Waals surface area contributed by atoms with Gasteiger partial charge in [-0.2, -0.15) is 4.98 Å². The van der Waals surface area contributed by atoms with Crippen molar-refractivity contribution in [2.75, 3.05) is 18.9 Å². The average Bonchev–Trinajstić information content (AvgIpc) is 3.13. The number of nitrogens with zero attached hydrogens (tertiary/aromatic N) is 3. The first-order valence-electron chi connectivity index (χ1n) is 5.71. The summed E-state index contributed by atoms with van der Waals surface area (Å²) < 4.78 is 13.3. The van der Waals surface area contributed by atoms with Crippen molar-refractivity contribution >= 4 is 17.4 Å². The second-order valence-corrected chi connectivity index (χ2v) is 4.80. The van der Waals surface area contributed by atoms with E-state index in [4.69, 9.17) is 11.6 Å². The molecule has 1 aromatic rings. The number of hydrogen-bond acceptors (Lipinski definition) is 4. The summed E-state index contributed by atoms with van der Waals surface area (Å²) in [5, 5.41) is 3.02. The van der Waals surface area contributed by atoms with Crippen LogP contribution in [-0.2, 0) is 0 Å². The summed E-state index contributed by atoms with van der Waals surface area (Å²) in [7, 11) is 2.09. The summed E-state index contributed by atoms with van der Waals surface area (Å²) in [6.07, 6.45) is 3.59. The lowest BCUT2D eigenvalue weighted by atomic mass is 10.3. The molecule has 0 spiro atoms. The Hall–Kier alpha value is -0.940. The van der Waals surface area contributed by atoms with Crippen LogP contribution in [0.2, 0.25) is 5.28 Å². The van der Waals surface area contributed by atoms with Crippen molar-refractivity contribution in [3.05, 3.63) is 17.3 Å². The fourth-order valence-corrected chi connectivity index (χ4v) is 1.83. The average molecular weight is 259 g/mol. The summed E-state index contributed by atoms with van der Waals surface area (Å²) in [6, 6.07) is 1.02. The molecule has 0 saturated heterocycles. The quantitative estimate of drug-likeness (QED) is 0.822. The molecular formula is C11H16ClFN4. The summed E-state index contributed by atoms with van der Waals surface area (Å²) >= 11 is 5.62. The molecule has 6 heteroatoms. The van der Waals surface area contributed by atoms with Crippen LogP contribution in [0.5, 0.6) is 0 Å². The van der Waals surface area contributed by atoms with E-state index < -0.39 is 5.82 Å². The van der Waals surface area contributed by atoms with Gasteiger partial charge in [-0.3, -0.25) is 4.90 Å². The number of aromatic nitrogens is 2. The van der Waals surface area contributed by atoms with Crippen LogP contribution < -0.4 is 5.32 Å². The molecule has 0 amide bonds. The molecule has 0 radical (unpaired) electrons. The van der Waals surface area contributed by atoms with E-state index in [0.29, 0.717) is 18.6 Å². The lowest BCUT2D eigenvalue weighted by molar-refractivity contribution is 0.257. The van der Waals surface area contributed by atoms with Crippen molar-refractivity contribution in [2.45, 2.75) is 31.8 Å². The topological polar surface area (TPSA) is 41.1 Å². The molecule has 1 heterocycles. The molecule has 17 heavy (non-hydrogen) atoms. The minimum atomic E-state index is -0.476. The first-order valence-corrected chi connectivity index (χ1v) is 6.09. The molecule has 0 aliphatic heterocycles. The van der Waals surface area contributed by atoms with Gasteiger partial charge in [0.1, 0.15) is 0 Å². The van der Waals surface area contributed by atoms with E-state index in [1.807, 2.05) is 0 Å². The van der Waals surface area contributed by atoms with Gasteiger partial charge in [0.15, 0.2) is 11.6 Å². The minimum Gasteiger partial charge on any atom is -0.366 e.